The van der Waals surface area contributed by atoms with Gasteiger partial charge in [0.1, 0.15) is 5.82 Å². The Labute approximate surface area is 88.1 Å². The largest absolute Gasteiger partial charge is 0.294 e. The Bertz CT molecular complexity index is 338. The summed E-state index contributed by atoms with van der Waals surface area (Å²) in [6.45, 7) is 1.31. The van der Waals surface area contributed by atoms with Gasteiger partial charge in [0.2, 0.25) is 0 Å². The summed E-state index contributed by atoms with van der Waals surface area (Å²) < 4.78 is 13.5. The van der Waals surface area contributed by atoms with E-state index in [1.807, 2.05) is 0 Å². The second-order valence-corrected chi connectivity index (χ2v) is 3.90. The molecule has 0 saturated heterocycles. The van der Waals surface area contributed by atoms with Gasteiger partial charge in [-0.3, -0.25) is 4.79 Å². The van der Waals surface area contributed by atoms with Gasteiger partial charge in [0.05, 0.1) is 9.13 Å². The first-order valence-electron chi connectivity index (χ1n) is 3.18. The molecule has 0 spiro atoms. The zero-order valence-electron chi connectivity index (χ0n) is 6.20. The highest BCUT2D eigenvalue weighted by Gasteiger charge is 2.11. The maximum absolute atomic E-state index is 13.1. The summed E-state index contributed by atoms with van der Waals surface area (Å²) in [5, 5.41) is 0.381. The number of rotatable bonds is 1. The van der Waals surface area contributed by atoms with Gasteiger partial charge in [0.15, 0.2) is 5.78 Å². The van der Waals surface area contributed by atoms with Gasteiger partial charge < -0.3 is 0 Å². The van der Waals surface area contributed by atoms with Gasteiger partial charge in [-0.15, -0.1) is 0 Å². The van der Waals surface area contributed by atoms with E-state index in [-0.39, 0.29) is 11.3 Å². The number of hydrogen-bond acceptors (Lipinski definition) is 1. The molecular weight excluding hydrogens is 293 g/mol. The van der Waals surface area contributed by atoms with Crippen LogP contribution in [0.2, 0.25) is 5.02 Å². The van der Waals surface area contributed by atoms with Gasteiger partial charge in [-0.05, 0) is 41.6 Å². The molecular formula is C8H5ClFIO. The molecule has 1 rings (SSSR count). The van der Waals surface area contributed by atoms with E-state index in [0.29, 0.717) is 8.59 Å². The van der Waals surface area contributed by atoms with E-state index in [1.165, 1.54) is 19.1 Å². The first-order chi connectivity index (χ1) is 5.52. The van der Waals surface area contributed by atoms with E-state index >= 15 is 0 Å². The molecule has 64 valence electrons. The molecule has 0 aliphatic rings. The van der Waals surface area contributed by atoms with Crippen molar-refractivity contribution in [2.24, 2.45) is 0 Å². The van der Waals surface area contributed by atoms with Crippen molar-refractivity contribution in [2.45, 2.75) is 6.92 Å². The molecule has 0 saturated carbocycles. The van der Waals surface area contributed by atoms with Crippen molar-refractivity contribution in [2.75, 3.05) is 0 Å². The smallest absolute Gasteiger partial charge is 0.162 e. The van der Waals surface area contributed by atoms with Gasteiger partial charge in [0, 0.05) is 5.02 Å². The molecule has 1 aromatic rings. The second-order valence-electron chi connectivity index (χ2n) is 2.31. The van der Waals surface area contributed by atoms with Crippen LogP contribution in [0.15, 0.2) is 12.1 Å². The number of carbonyl (C=O) groups excluding carboxylic acids is 1. The maximum Gasteiger partial charge on any atom is 0.162 e. The fourth-order valence-electron chi connectivity index (χ4n) is 0.812. The maximum atomic E-state index is 13.1. The van der Waals surface area contributed by atoms with Gasteiger partial charge in [-0.2, -0.15) is 0 Å². The number of carbonyl (C=O) groups is 1. The Hall–Kier alpha value is -0.160. The van der Waals surface area contributed by atoms with E-state index in [1.54, 1.807) is 22.6 Å². The van der Waals surface area contributed by atoms with Crippen molar-refractivity contribution in [3.63, 3.8) is 0 Å². The van der Waals surface area contributed by atoms with Crippen LogP contribution in [0, 0.1) is 9.39 Å². The summed E-state index contributed by atoms with van der Waals surface area (Å²) in [4.78, 5) is 10.9. The lowest BCUT2D eigenvalue weighted by molar-refractivity contribution is 0.101. The van der Waals surface area contributed by atoms with Crippen LogP contribution in [0.5, 0.6) is 0 Å². The van der Waals surface area contributed by atoms with E-state index < -0.39 is 5.82 Å². The molecule has 0 heterocycles. The van der Waals surface area contributed by atoms with Crippen molar-refractivity contribution >= 4 is 40.0 Å². The van der Waals surface area contributed by atoms with Crippen LogP contribution < -0.4 is 0 Å². The standard InChI is InChI=1S/C8H5ClFIO/c1-4(12)6-2-5(9)3-7(11)8(6)10/h2-3H,1H3. The molecule has 0 aliphatic heterocycles. The predicted molar refractivity (Wildman–Crippen MR) is 54.1 cm³/mol. The summed E-state index contributed by atoms with van der Waals surface area (Å²) in [6.07, 6.45) is 0. The zero-order valence-corrected chi connectivity index (χ0v) is 9.11. The summed E-state index contributed by atoms with van der Waals surface area (Å²) in [7, 11) is 0. The highest BCUT2D eigenvalue weighted by Crippen LogP contribution is 2.21. The number of halogens is 3. The molecule has 0 atom stereocenters. The molecule has 0 aliphatic carbocycles. The van der Waals surface area contributed by atoms with Crippen LogP contribution in [0.3, 0.4) is 0 Å². The Kier molecular flexibility index (Phi) is 3.06. The van der Waals surface area contributed by atoms with Crippen molar-refractivity contribution in [3.8, 4) is 0 Å². The summed E-state index contributed by atoms with van der Waals surface area (Å²) in [5.74, 6) is -0.805. The molecule has 0 radical (unpaired) electrons. The topological polar surface area (TPSA) is 17.1 Å². The van der Waals surface area contributed by atoms with Crippen molar-refractivity contribution in [3.05, 3.63) is 32.1 Å². The van der Waals surface area contributed by atoms with Gasteiger partial charge in [0.25, 0.3) is 0 Å². The third-order valence-electron chi connectivity index (χ3n) is 1.37. The molecule has 0 amide bonds. The molecule has 1 aromatic carbocycles. The number of hydrogen-bond donors (Lipinski definition) is 0. The number of Topliss-reactive ketones (excluding diaryl/α,β-unsaturated/α-hetero) is 1. The molecule has 4 heteroatoms. The van der Waals surface area contributed by atoms with Crippen LogP contribution in [-0.4, -0.2) is 5.78 Å². The second kappa shape index (κ2) is 3.70. The van der Waals surface area contributed by atoms with Crippen LogP contribution in [-0.2, 0) is 0 Å². The molecule has 0 aromatic heterocycles. The first-order valence-corrected chi connectivity index (χ1v) is 4.63. The van der Waals surface area contributed by atoms with Crippen LogP contribution >= 0.6 is 34.2 Å². The third kappa shape index (κ3) is 1.95. The van der Waals surface area contributed by atoms with E-state index in [9.17, 15) is 9.18 Å². The SMILES string of the molecule is CC(=O)c1cc(Cl)cc(I)c1F. The minimum Gasteiger partial charge on any atom is -0.294 e. The summed E-state index contributed by atoms with van der Waals surface area (Å²) >= 11 is 7.44. The summed E-state index contributed by atoms with van der Waals surface area (Å²) in [6, 6.07) is 2.81. The lowest BCUT2D eigenvalue weighted by Gasteiger charge is -2.01. The Balaban J connectivity index is 3.37. The van der Waals surface area contributed by atoms with Crippen molar-refractivity contribution in [1.29, 1.82) is 0 Å². The lowest BCUT2D eigenvalue weighted by atomic mass is 10.1. The van der Waals surface area contributed by atoms with E-state index in [0.717, 1.165) is 0 Å². The molecule has 0 unspecified atom stereocenters. The van der Waals surface area contributed by atoms with Crippen LogP contribution in [0.1, 0.15) is 17.3 Å². The van der Waals surface area contributed by atoms with E-state index in [4.69, 9.17) is 11.6 Å². The van der Waals surface area contributed by atoms with Crippen LogP contribution in [0.4, 0.5) is 4.39 Å². The highest BCUT2D eigenvalue weighted by molar-refractivity contribution is 14.1. The molecule has 1 nitrogen and oxygen atoms in total. The Morgan fingerprint density at radius 3 is 2.67 bits per heavy atom. The minimum atomic E-state index is -0.493. The molecule has 0 N–H and O–H groups in total. The number of benzene rings is 1. The zero-order chi connectivity index (χ0) is 9.30. The minimum absolute atomic E-state index is 0.0481. The van der Waals surface area contributed by atoms with E-state index in [2.05, 4.69) is 0 Å². The lowest BCUT2D eigenvalue weighted by Crippen LogP contribution is -1.98. The predicted octanol–water partition coefficient (Wildman–Crippen LogP) is 3.29. The molecule has 12 heavy (non-hydrogen) atoms. The van der Waals surface area contributed by atoms with Gasteiger partial charge in [-0.1, -0.05) is 11.6 Å². The van der Waals surface area contributed by atoms with Crippen LogP contribution in [0.25, 0.3) is 0 Å². The fourth-order valence-corrected chi connectivity index (χ4v) is 1.84. The van der Waals surface area contributed by atoms with Crippen molar-refractivity contribution in [1.82, 2.24) is 0 Å². The normalized spacial score (nSPS) is 10.0. The average molecular weight is 298 g/mol. The average Bonchev–Trinajstić information content (AvgIpc) is 1.96. The third-order valence-corrected chi connectivity index (χ3v) is 2.38. The Morgan fingerprint density at radius 1 is 1.58 bits per heavy atom. The molecule has 0 fully saturated rings. The molecule has 0 bridgehead atoms. The van der Waals surface area contributed by atoms with Gasteiger partial charge in [-0.25, -0.2) is 4.39 Å². The summed E-state index contributed by atoms with van der Waals surface area (Å²) in [5.41, 5.74) is 0.0481. The highest BCUT2D eigenvalue weighted by atomic mass is 127. The monoisotopic (exact) mass is 298 g/mol. The Morgan fingerprint density at radius 2 is 2.17 bits per heavy atom. The number of ketones is 1. The quantitative estimate of drug-likeness (QED) is 0.442. The van der Waals surface area contributed by atoms with Crippen molar-refractivity contribution < 1.29 is 9.18 Å². The first kappa shape index (κ1) is 9.92. The van der Waals surface area contributed by atoms with Gasteiger partial charge >= 0.3 is 0 Å². The fraction of sp³-hybridized carbons (Fsp3) is 0.125.